The largest absolute Gasteiger partial charge is 0.510 e. The standard InChI is InChI=1S/C25H36O5/c1-2-3-10-14-21(26)15-11-8-6-4-5-7-9-12-16-23(27)24(28)17-13-18-25(29)30-22-19-20-22/h3-11,15,17,21-23,26-28H,2,12-14,16,18-20H2,1H3/b5-4+,8-6-,9-7+,10-3-,15-11+,24-17+/t21-,23+/m0/s1. The molecule has 0 bridgehead atoms. The van der Waals surface area contributed by atoms with Gasteiger partial charge in [0.1, 0.15) is 18.0 Å². The van der Waals surface area contributed by atoms with Gasteiger partial charge in [0.25, 0.3) is 0 Å². The molecule has 5 heteroatoms. The summed E-state index contributed by atoms with van der Waals surface area (Å²) >= 11 is 0. The van der Waals surface area contributed by atoms with E-state index in [-0.39, 0.29) is 24.3 Å². The number of aliphatic hydroxyl groups is 3. The maximum absolute atomic E-state index is 11.4. The number of esters is 1. The van der Waals surface area contributed by atoms with Gasteiger partial charge >= 0.3 is 5.97 Å². The quantitative estimate of drug-likeness (QED) is 0.151. The number of rotatable bonds is 15. The molecule has 1 aliphatic rings. The first kappa shape index (κ1) is 25.7. The van der Waals surface area contributed by atoms with Crippen LogP contribution in [0.3, 0.4) is 0 Å². The van der Waals surface area contributed by atoms with Crippen molar-refractivity contribution in [3.05, 3.63) is 72.6 Å². The van der Waals surface area contributed by atoms with Crippen LogP contribution in [0.15, 0.2) is 72.6 Å². The van der Waals surface area contributed by atoms with E-state index >= 15 is 0 Å². The van der Waals surface area contributed by atoms with Gasteiger partial charge in [0, 0.05) is 6.42 Å². The zero-order valence-corrected chi connectivity index (χ0v) is 17.9. The predicted molar refractivity (Wildman–Crippen MR) is 121 cm³/mol. The van der Waals surface area contributed by atoms with Crippen LogP contribution in [-0.4, -0.2) is 39.6 Å². The minimum absolute atomic E-state index is 0.0966. The second kappa shape index (κ2) is 16.4. The van der Waals surface area contributed by atoms with Crippen molar-refractivity contribution < 1.29 is 24.9 Å². The fourth-order valence-electron chi connectivity index (χ4n) is 2.41. The normalized spacial score (nSPS) is 17.8. The monoisotopic (exact) mass is 416 g/mol. The molecular weight excluding hydrogens is 380 g/mol. The Balaban J connectivity index is 2.13. The van der Waals surface area contributed by atoms with Gasteiger partial charge in [-0.2, -0.15) is 0 Å². The molecule has 0 aromatic carbocycles. The number of carbonyl (C=O) groups excluding carboxylic acids is 1. The van der Waals surface area contributed by atoms with Gasteiger partial charge in [-0.15, -0.1) is 0 Å². The smallest absolute Gasteiger partial charge is 0.306 e. The van der Waals surface area contributed by atoms with Crippen molar-refractivity contribution in [2.24, 2.45) is 0 Å². The van der Waals surface area contributed by atoms with E-state index in [1.54, 1.807) is 6.08 Å². The van der Waals surface area contributed by atoms with Crippen molar-refractivity contribution in [1.82, 2.24) is 0 Å². The zero-order valence-electron chi connectivity index (χ0n) is 17.9. The van der Waals surface area contributed by atoms with Crippen LogP contribution in [0.25, 0.3) is 0 Å². The Hall–Kier alpha value is -2.37. The van der Waals surface area contributed by atoms with Gasteiger partial charge in [0.2, 0.25) is 0 Å². The average Bonchev–Trinajstić information content (AvgIpc) is 3.53. The Morgan fingerprint density at radius 3 is 2.40 bits per heavy atom. The fraction of sp³-hybridized carbons (Fsp3) is 0.480. The summed E-state index contributed by atoms with van der Waals surface area (Å²) in [7, 11) is 0. The molecule has 166 valence electrons. The number of hydrogen-bond acceptors (Lipinski definition) is 5. The molecule has 30 heavy (non-hydrogen) atoms. The molecule has 0 saturated heterocycles. The Kier molecular flexibility index (Phi) is 14.1. The van der Waals surface area contributed by atoms with Gasteiger partial charge in [0.15, 0.2) is 0 Å². The zero-order chi connectivity index (χ0) is 22.0. The first-order valence-corrected chi connectivity index (χ1v) is 10.8. The number of allylic oxidation sites excluding steroid dienone is 9. The van der Waals surface area contributed by atoms with Crippen molar-refractivity contribution >= 4 is 5.97 Å². The SMILES string of the molecule is CC/C=C\C[C@H](O)/C=C/C=C\C=C\C=C\CC[C@@H](O)/C(O)=C\CCC(=O)OC1CC1. The molecule has 0 aliphatic heterocycles. The Labute approximate surface area is 180 Å². The summed E-state index contributed by atoms with van der Waals surface area (Å²) in [5.41, 5.74) is 0. The van der Waals surface area contributed by atoms with Crippen LogP contribution in [0.4, 0.5) is 0 Å². The molecule has 0 aromatic heterocycles. The van der Waals surface area contributed by atoms with Crippen molar-refractivity contribution in [3.8, 4) is 0 Å². The van der Waals surface area contributed by atoms with E-state index in [0.29, 0.717) is 25.7 Å². The highest BCUT2D eigenvalue weighted by Gasteiger charge is 2.25. The van der Waals surface area contributed by atoms with Gasteiger partial charge in [-0.05, 0) is 51.0 Å². The van der Waals surface area contributed by atoms with Crippen molar-refractivity contribution in [3.63, 3.8) is 0 Å². The predicted octanol–water partition coefficient (Wildman–Crippen LogP) is 5.00. The number of carbonyl (C=O) groups is 1. The highest BCUT2D eigenvalue weighted by atomic mass is 16.5. The molecule has 1 saturated carbocycles. The topological polar surface area (TPSA) is 87.0 Å². The highest BCUT2D eigenvalue weighted by Crippen LogP contribution is 2.24. The maximum atomic E-state index is 11.4. The molecule has 1 aliphatic carbocycles. The third-order valence-corrected chi connectivity index (χ3v) is 4.28. The highest BCUT2D eigenvalue weighted by molar-refractivity contribution is 5.69. The second-order valence-corrected chi connectivity index (χ2v) is 7.22. The van der Waals surface area contributed by atoms with Gasteiger partial charge in [-0.1, -0.05) is 67.7 Å². The van der Waals surface area contributed by atoms with Crippen LogP contribution in [0, 0.1) is 0 Å². The van der Waals surface area contributed by atoms with Gasteiger partial charge in [-0.3, -0.25) is 4.79 Å². The number of ether oxygens (including phenoxy) is 1. The van der Waals surface area contributed by atoms with E-state index in [0.717, 1.165) is 19.3 Å². The van der Waals surface area contributed by atoms with E-state index in [2.05, 4.69) is 6.92 Å². The molecule has 0 heterocycles. The molecule has 1 fully saturated rings. The molecule has 1 rings (SSSR count). The lowest BCUT2D eigenvalue weighted by Crippen LogP contribution is -2.10. The Morgan fingerprint density at radius 1 is 1.00 bits per heavy atom. The summed E-state index contributed by atoms with van der Waals surface area (Å²) in [5.74, 6) is -0.351. The van der Waals surface area contributed by atoms with E-state index in [1.807, 2.05) is 54.7 Å². The van der Waals surface area contributed by atoms with Gasteiger partial charge in [-0.25, -0.2) is 0 Å². The molecule has 0 radical (unpaired) electrons. The maximum Gasteiger partial charge on any atom is 0.306 e. The minimum Gasteiger partial charge on any atom is -0.510 e. The fourth-order valence-corrected chi connectivity index (χ4v) is 2.41. The first-order chi connectivity index (χ1) is 14.5. The van der Waals surface area contributed by atoms with Crippen LogP contribution in [-0.2, 0) is 9.53 Å². The summed E-state index contributed by atoms with van der Waals surface area (Å²) in [6.45, 7) is 2.06. The molecule has 2 atom stereocenters. The molecule has 0 amide bonds. The second-order valence-electron chi connectivity index (χ2n) is 7.22. The molecule has 0 spiro atoms. The number of hydrogen-bond donors (Lipinski definition) is 3. The van der Waals surface area contributed by atoms with Crippen molar-refractivity contribution in [2.45, 2.75) is 76.6 Å². The van der Waals surface area contributed by atoms with Crippen LogP contribution in [0.1, 0.15) is 58.3 Å². The van der Waals surface area contributed by atoms with Crippen LogP contribution in [0.2, 0.25) is 0 Å². The molecular formula is C25H36O5. The van der Waals surface area contributed by atoms with E-state index in [9.17, 15) is 20.1 Å². The third-order valence-electron chi connectivity index (χ3n) is 4.28. The third kappa shape index (κ3) is 14.6. The van der Waals surface area contributed by atoms with E-state index in [1.165, 1.54) is 6.08 Å². The van der Waals surface area contributed by atoms with Crippen LogP contribution in [0.5, 0.6) is 0 Å². The van der Waals surface area contributed by atoms with Crippen molar-refractivity contribution in [2.75, 3.05) is 0 Å². The first-order valence-electron chi connectivity index (χ1n) is 10.8. The lowest BCUT2D eigenvalue weighted by atomic mass is 10.1. The van der Waals surface area contributed by atoms with Crippen molar-refractivity contribution in [1.29, 1.82) is 0 Å². The lowest BCUT2D eigenvalue weighted by molar-refractivity contribution is -0.144. The Morgan fingerprint density at radius 2 is 1.70 bits per heavy atom. The summed E-state index contributed by atoms with van der Waals surface area (Å²) < 4.78 is 5.12. The molecule has 0 unspecified atom stereocenters. The van der Waals surface area contributed by atoms with E-state index in [4.69, 9.17) is 4.74 Å². The summed E-state index contributed by atoms with van der Waals surface area (Å²) in [6.07, 6.45) is 24.1. The summed E-state index contributed by atoms with van der Waals surface area (Å²) in [6, 6.07) is 0. The minimum atomic E-state index is -0.929. The Bertz CT molecular complexity index is 650. The van der Waals surface area contributed by atoms with Gasteiger partial charge < -0.3 is 20.1 Å². The van der Waals surface area contributed by atoms with Crippen LogP contribution < -0.4 is 0 Å². The molecule has 3 N–H and O–H groups in total. The summed E-state index contributed by atoms with van der Waals surface area (Å²) in [4.78, 5) is 11.4. The van der Waals surface area contributed by atoms with E-state index < -0.39 is 12.2 Å². The van der Waals surface area contributed by atoms with Gasteiger partial charge in [0.05, 0.1) is 6.10 Å². The molecule has 0 aromatic rings. The summed E-state index contributed by atoms with van der Waals surface area (Å²) in [5, 5.41) is 29.5. The average molecular weight is 417 g/mol. The lowest BCUT2D eigenvalue weighted by Gasteiger charge is -2.08. The molecule has 5 nitrogen and oxygen atoms in total. The van der Waals surface area contributed by atoms with Crippen LogP contribution >= 0.6 is 0 Å². The number of aliphatic hydroxyl groups excluding tert-OH is 3.